The highest BCUT2D eigenvalue weighted by Gasteiger charge is 2.32. The zero-order valence-corrected chi connectivity index (χ0v) is 16.4. The van der Waals surface area contributed by atoms with Gasteiger partial charge in [-0.2, -0.15) is 5.26 Å². The SMILES string of the molecule is CC(C)[C@](C)(C#N)NC(=O)[C@@H](C)OC(=O)c1cccc(Oc2ccccc2)c1. The van der Waals surface area contributed by atoms with E-state index in [0.29, 0.717) is 11.5 Å². The summed E-state index contributed by atoms with van der Waals surface area (Å²) in [5.41, 5.74) is -0.777. The molecule has 0 aliphatic carbocycles. The molecule has 2 aromatic carbocycles. The zero-order chi connectivity index (χ0) is 20.7. The zero-order valence-electron chi connectivity index (χ0n) is 16.4. The summed E-state index contributed by atoms with van der Waals surface area (Å²) in [4.78, 5) is 24.7. The molecule has 0 aliphatic rings. The Morgan fingerprint density at radius 3 is 2.29 bits per heavy atom. The van der Waals surface area contributed by atoms with Crippen LogP contribution in [0.4, 0.5) is 0 Å². The van der Waals surface area contributed by atoms with Crippen molar-refractivity contribution in [2.45, 2.75) is 39.3 Å². The second-order valence-corrected chi connectivity index (χ2v) is 6.95. The van der Waals surface area contributed by atoms with E-state index in [4.69, 9.17) is 9.47 Å². The van der Waals surface area contributed by atoms with Crippen LogP contribution in [0.1, 0.15) is 38.1 Å². The van der Waals surface area contributed by atoms with Gasteiger partial charge in [0.15, 0.2) is 6.10 Å². The molecule has 2 aromatic rings. The molecule has 2 atom stereocenters. The van der Waals surface area contributed by atoms with Crippen LogP contribution in [0.25, 0.3) is 0 Å². The second kappa shape index (κ2) is 9.05. The average molecular weight is 380 g/mol. The summed E-state index contributed by atoms with van der Waals surface area (Å²) in [7, 11) is 0. The minimum absolute atomic E-state index is 0.101. The summed E-state index contributed by atoms with van der Waals surface area (Å²) < 4.78 is 11.0. The number of esters is 1. The van der Waals surface area contributed by atoms with Gasteiger partial charge in [-0.15, -0.1) is 0 Å². The molecule has 28 heavy (non-hydrogen) atoms. The van der Waals surface area contributed by atoms with E-state index in [1.807, 2.05) is 32.0 Å². The minimum atomic E-state index is -1.04. The predicted molar refractivity (Wildman–Crippen MR) is 105 cm³/mol. The van der Waals surface area contributed by atoms with E-state index in [9.17, 15) is 14.9 Å². The number of nitrogens with one attached hydrogen (secondary N) is 1. The molecule has 146 valence electrons. The van der Waals surface area contributed by atoms with Gasteiger partial charge in [0.25, 0.3) is 5.91 Å². The van der Waals surface area contributed by atoms with Crippen LogP contribution in [-0.2, 0) is 9.53 Å². The smallest absolute Gasteiger partial charge is 0.339 e. The van der Waals surface area contributed by atoms with E-state index in [2.05, 4.69) is 11.4 Å². The Morgan fingerprint density at radius 1 is 1.04 bits per heavy atom. The first-order valence-corrected chi connectivity index (χ1v) is 9.02. The van der Waals surface area contributed by atoms with Gasteiger partial charge in [-0.25, -0.2) is 4.79 Å². The first-order chi connectivity index (χ1) is 13.2. The van der Waals surface area contributed by atoms with E-state index in [1.54, 1.807) is 43.3 Å². The number of benzene rings is 2. The first kappa shape index (κ1) is 21.0. The average Bonchev–Trinajstić information content (AvgIpc) is 2.68. The standard InChI is InChI=1S/C22H24N2O4/c1-15(2)22(4,14-23)24-20(25)16(3)27-21(26)17-9-8-12-19(13-17)28-18-10-6-5-7-11-18/h5-13,15-16H,1-4H3,(H,24,25)/t16-,22+/m1/s1. The van der Waals surface area contributed by atoms with Crippen LogP contribution < -0.4 is 10.1 Å². The van der Waals surface area contributed by atoms with Crippen molar-refractivity contribution in [1.82, 2.24) is 5.32 Å². The van der Waals surface area contributed by atoms with Crippen molar-refractivity contribution < 1.29 is 19.1 Å². The number of amides is 1. The van der Waals surface area contributed by atoms with Gasteiger partial charge >= 0.3 is 5.97 Å². The lowest BCUT2D eigenvalue weighted by Crippen LogP contribution is -2.52. The molecule has 1 amide bonds. The first-order valence-electron chi connectivity index (χ1n) is 9.02. The molecule has 0 radical (unpaired) electrons. The van der Waals surface area contributed by atoms with Crippen molar-refractivity contribution >= 4 is 11.9 Å². The number of para-hydroxylation sites is 1. The molecule has 0 unspecified atom stereocenters. The molecule has 0 spiro atoms. The number of carbonyl (C=O) groups is 2. The van der Waals surface area contributed by atoms with Gasteiger partial charge in [0.1, 0.15) is 17.0 Å². The van der Waals surface area contributed by atoms with E-state index in [0.717, 1.165) is 0 Å². The quantitative estimate of drug-likeness (QED) is 0.731. The molecule has 0 heterocycles. The molecule has 6 heteroatoms. The minimum Gasteiger partial charge on any atom is -0.457 e. The second-order valence-electron chi connectivity index (χ2n) is 6.95. The number of nitrogens with zero attached hydrogens (tertiary/aromatic N) is 1. The molecule has 1 N–H and O–H groups in total. The van der Waals surface area contributed by atoms with E-state index in [-0.39, 0.29) is 11.5 Å². The molecular formula is C22H24N2O4. The van der Waals surface area contributed by atoms with Gasteiger partial charge < -0.3 is 14.8 Å². The van der Waals surface area contributed by atoms with Gasteiger partial charge in [-0.3, -0.25) is 4.79 Å². The lowest BCUT2D eigenvalue weighted by Gasteiger charge is -2.28. The van der Waals surface area contributed by atoms with Crippen LogP contribution in [0.3, 0.4) is 0 Å². The number of nitriles is 1. The topological polar surface area (TPSA) is 88.4 Å². The Kier molecular flexibility index (Phi) is 6.78. The molecule has 0 aromatic heterocycles. The molecule has 0 saturated heterocycles. The van der Waals surface area contributed by atoms with Gasteiger partial charge in [-0.05, 0) is 50.1 Å². The fraction of sp³-hybridized carbons (Fsp3) is 0.318. The van der Waals surface area contributed by atoms with Crippen LogP contribution in [0, 0.1) is 17.2 Å². The normalized spacial score (nSPS) is 13.7. The van der Waals surface area contributed by atoms with Crippen LogP contribution in [0.15, 0.2) is 54.6 Å². The maximum Gasteiger partial charge on any atom is 0.339 e. The Balaban J connectivity index is 2.03. The van der Waals surface area contributed by atoms with Crippen molar-refractivity contribution in [3.63, 3.8) is 0 Å². The third-order valence-electron chi connectivity index (χ3n) is 4.47. The molecular weight excluding hydrogens is 356 g/mol. The van der Waals surface area contributed by atoms with Crippen LogP contribution >= 0.6 is 0 Å². The highest BCUT2D eigenvalue weighted by molar-refractivity contribution is 5.92. The molecule has 6 nitrogen and oxygen atoms in total. The van der Waals surface area contributed by atoms with Crippen molar-refractivity contribution in [1.29, 1.82) is 5.26 Å². The maximum atomic E-state index is 12.4. The molecule has 0 fully saturated rings. The van der Waals surface area contributed by atoms with Gasteiger partial charge in [0.2, 0.25) is 0 Å². The van der Waals surface area contributed by atoms with Gasteiger partial charge in [0.05, 0.1) is 11.6 Å². The Morgan fingerprint density at radius 2 is 1.68 bits per heavy atom. The number of ether oxygens (including phenoxy) is 2. The highest BCUT2D eigenvalue weighted by Crippen LogP contribution is 2.22. The lowest BCUT2D eigenvalue weighted by atomic mass is 9.90. The van der Waals surface area contributed by atoms with Crippen molar-refractivity contribution in [2.24, 2.45) is 5.92 Å². The van der Waals surface area contributed by atoms with Crippen molar-refractivity contribution in [3.8, 4) is 17.6 Å². The summed E-state index contributed by atoms with van der Waals surface area (Å²) >= 11 is 0. The van der Waals surface area contributed by atoms with Gasteiger partial charge in [-0.1, -0.05) is 38.1 Å². The number of hydrogen-bond acceptors (Lipinski definition) is 5. The van der Waals surface area contributed by atoms with Crippen LogP contribution in [0.5, 0.6) is 11.5 Å². The van der Waals surface area contributed by atoms with E-state index >= 15 is 0 Å². The predicted octanol–water partition coefficient (Wildman–Crippen LogP) is 4.08. The summed E-state index contributed by atoms with van der Waals surface area (Å²) in [5.74, 6) is -0.150. The third-order valence-corrected chi connectivity index (χ3v) is 4.47. The lowest BCUT2D eigenvalue weighted by molar-refractivity contribution is -0.130. The summed E-state index contributed by atoms with van der Waals surface area (Å²) in [5, 5.41) is 12.0. The summed E-state index contributed by atoms with van der Waals surface area (Å²) in [6.07, 6.45) is -1.04. The van der Waals surface area contributed by atoms with Crippen molar-refractivity contribution in [3.05, 3.63) is 60.2 Å². The highest BCUT2D eigenvalue weighted by atomic mass is 16.5. The summed E-state index contributed by atoms with van der Waals surface area (Å²) in [6, 6.07) is 17.8. The van der Waals surface area contributed by atoms with Crippen LogP contribution in [-0.4, -0.2) is 23.5 Å². The molecule has 2 rings (SSSR count). The Bertz CT molecular complexity index is 874. The Hall–Kier alpha value is -3.33. The maximum absolute atomic E-state index is 12.4. The fourth-order valence-corrected chi connectivity index (χ4v) is 2.25. The van der Waals surface area contributed by atoms with E-state index < -0.39 is 23.5 Å². The number of rotatable bonds is 7. The number of hydrogen-bond donors (Lipinski definition) is 1. The molecule has 0 bridgehead atoms. The Labute approximate surface area is 165 Å². The third kappa shape index (κ3) is 5.34. The largest absolute Gasteiger partial charge is 0.457 e. The van der Waals surface area contributed by atoms with Crippen LogP contribution in [0.2, 0.25) is 0 Å². The van der Waals surface area contributed by atoms with E-state index in [1.165, 1.54) is 6.92 Å². The fourth-order valence-electron chi connectivity index (χ4n) is 2.25. The van der Waals surface area contributed by atoms with Crippen molar-refractivity contribution in [2.75, 3.05) is 0 Å². The molecule has 0 aliphatic heterocycles. The van der Waals surface area contributed by atoms with Gasteiger partial charge in [0, 0.05) is 0 Å². The number of carbonyl (C=O) groups excluding carboxylic acids is 2. The molecule has 0 saturated carbocycles. The summed E-state index contributed by atoms with van der Waals surface area (Å²) in [6.45, 7) is 6.76. The monoisotopic (exact) mass is 380 g/mol.